The fraction of sp³-hybridized carbons (Fsp3) is 0.389. The number of esters is 1. The van der Waals surface area contributed by atoms with E-state index in [1.165, 1.54) is 11.3 Å². The highest BCUT2D eigenvalue weighted by molar-refractivity contribution is 7.17. The molecule has 0 spiro atoms. The molecule has 0 amide bonds. The van der Waals surface area contributed by atoms with E-state index in [9.17, 15) is 10.1 Å². The van der Waals surface area contributed by atoms with Crippen molar-refractivity contribution in [3.05, 3.63) is 34.3 Å². The van der Waals surface area contributed by atoms with Gasteiger partial charge in [0.15, 0.2) is 0 Å². The summed E-state index contributed by atoms with van der Waals surface area (Å²) in [5.41, 5.74) is 1.73. The number of thiazole rings is 1. The van der Waals surface area contributed by atoms with Gasteiger partial charge in [-0.2, -0.15) is 5.26 Å². The maximum atomic E-state index is 11.9. The molecule has 1 unspecified atom stereocenters. The van der Waals surface area contributed by atoms with E-state index in [-0.39, 0.29) is 18.5 Å². The standard InChI is InChI=1S/C18H20N2O4S/c1-4-23-18(22)16-12(3)20-17(25-16)13-5-6-15(14(7-13)8-19)24-10-11(2)9-21/h5-7,11,21H,4,9-10H2,1-3H3. The van der Waals surface area contributed by atoms with Crippen molar-refractivity contribution in [2.24, 2.45) is 5.92 Å². The van der Waals surface area contributed by atoms with Gasteiger partial charge in [-0.05, 0) is 32.0 Å². The number of aryl methyl sites for hydroxylation is 1. The van der Waals surface area contributed by atoms with Crippen molar-refractivity contribution >= 4 is 17.3 Å². The van der Waals surface area contributed by atoms with Gasteiger partial charge < -0.3 is 14.6 Å². The van der Waals surface area contributed by atoms with Gasteiger partial charge in [-0.1, -0.05) is 6.92 Å². The number of benzene rings is 1. The SMILES string of the molecule is CCOC(=O)c1sc(-c2ccc(OCC(C)CO)c(C#N)c2)nc1C. The minimum absolute atomic E-state index is 0.0139. The van der Waals surface area contributed by atoms with Crippen LogP contribution in [0.1, 0.15) is 34.8 Å². The van der Waals surface area contributed by atoms with E-state index < -0.39 is 0 Å². The number of nitrogens with zero attached hydrogens (tertiary/aromatic N) is 2. The van der Waals surface area contributed by atoms with E-state index in [0.29, 0.717) is 40.1 Å². The van der Waals surface area contributed by atoms with Crippen molar-refractivity contribution in [2.75, 3.05) is 19.8 Å². The predicted octanol–water partition coefficient (Wildman–Crippen LogP) is 3.17. The summed E-state index contributed by atoms with van der Waals surface area (Å²) in [5, 5.41) is 19.1. The van der Waals surface area contributed by atoms with E-state index >= 15 is 0 Å². The smallest absolute Gasteiger partial charge is 0.350 e. The molecule has 0 radical (unpaired) electrons. The van der Waals surface area contributed by atoms with Crippen LogP contribution in [-0.4, -0.2) is 35.9 Å². The van der Waals surface area contributed by atoms with Gasteiger partial charge >= 0.3 is 5.97 Å². The maximum absolute atomic E-state index is 11.9. The van der Waals surface area contributed by atoms with Crippen LogP contribution in [0.25, 0.3) is 10.6 Å². The first-order valence-corrected chi connectivity index (χ1v) is 8.74. The zero-order valence-electron chi connectivity index (χ0n) is 14.4. The van der Waals surface area contributed by atoms with E-state index in [4.69, 9.17) is 14.6 Å². The second-order valence-electron chi connectivity index (χ2n) is 5.58. The molecule has 6 nitrogen and oxygen atoms in total. The summed E-state index contributed by atoms with van der Waals surface area (Å²) < 4.78 is 10.6. The van der Waals surface area contributed by atoms with Gasteiger partial charge in [0.1, 0.15) is 21.7 Å². The largest absolute Gasteiger partial charge is 0.492 e. The molecule has 1 heterocycles. The minimum Gasteiger partial charge on any atom is -0.492 e. The van der Waals surface area contributed by atoms with Crippen LogP contribution in [0.2, 0.25) is 0 Å². The van der Waals surface area contributed by atoms with Crippen molar-refractivity contribution in [2.45, 2.75) is 20.8 Å². The molecule has 2 aromatic rings. The Bertz CT molecular complexity index is 795. The molecular weight excluding hydrogens is 340 g/mol. The molecule has 0 saturated heterocycles. The molecule has 1 atom stereocenters. The van der Waals surface area contributed by atoms with E-state index in [1.807, 2.05) is 6.92 Å². The molecule has 1 N–H and O–H groups in total. The van der Waals surface area contributed by atoms with Gasteiger partial charge in [0, 0.05) is 18.1 Å². The minimum atomic E-state index is -0.387. The van der Waals surface area contributed by atoms with Gasteiger partial charge in [-0.25, -0.2) is 9.78 Å². The van der Waals surface area contributed by atoms with Crippen LogP contribution in [0.5, 0.6) is 5.75 Å². The molecule has 0 fully saturated rings. The Labute approximate surface area is 150 Å². The summed E-state index contributed by atoms with van der Waals surface area (Å²) in [6.07, 6.45) is 0. The number of aliphatic hydroxyl groups excluding tert-OH is 1. The van der Waals surface area contributed by atoms with Crippen molar-refractivity contribution in [1.82, 2.24) is 4.98 Å². The fourth-order valence-corrected chi connectivity index (χ4v) is 3.02. The lowest BCUT2D eigenvalue weighted by Gasteiger charge is -2.12. The zero-order chi connectivity index (χ0) is 18.4. The molecule has 2 rings (SSSR count). The van der Waals surface area contributed by atoms with Gasteiger partial charge in [0.2, 0.25) is 0 Å². The summed E-state index contributed by atoms with van der Waals surface area (Å²) in [7, 11) is 0. The first kappa shape index (κ1) is 18.9. The monoisotopic (exact) mass is 360 g/mol. The zero-order valence-corrected chi connectivity index (χ0v) is 15.2. The normalized spacial score (nSPS) is 11.6. The molecule has 25 heavy (non-hydrogen) atoms. The predicted molar refractivity (Wildman–Crippen MR) is 94.7 cm³/mol. The van der Waals surface area contributed by atoms with Crippen LogP contribution in [0.4, 0.5) is 0 Å². The summed E-state index contributed by atoms with van der Waals surface area (Å²) in [6, 6.07) is 7.30. The van der Waals surface area contributed by atoms with Gasteiger partial charge in [0.05, 0.1) is 24.5 Å². The lowest BCUT2D eigenvalue weighted by atomic mass is 10.1. The van der Waals surface area contributed by atoms with Crippen LogP contribution in [-0.2, 0) is 4.74 Å². The first-order valence-electron chi connectivity index (χ1n) is 7.92. The first-order chi connectivity index (χ1) is 12.0. The Morgan fingerprint density at radius 1 is 1.48 bits per heavy atom. The van der Waals surface area contributed by atoms with Crippen LogP contribution in [0, 0.1) is 24.2 Å². The van der Waals surface area contributed by atoms with Crippen LogP contribution in [0.15, 0.2) is 18.2 Å². The van der Waals surface area contributed by atoms with E-state index in [2.05, 4.69) is 11.1 Å². The molecular formula is C18H20N2O4S. The highest BCUT2D eigenvalue weighted by Gasteiger charge is 2.18. The number of carbonyl (C=O) groups excluding carboxylic acids is 1. The lowest BCUT2D eigenvalue weighted by molar-refractivity contribution is 0.0531. The lowest BCUT2D eigenvalue weighted by Crippen LogP contribution is -2.12. The van der Waals surface area contributed by atoms with Gasteiger partial charge in [-0.15, -0.1) is 11.3 Å². The summed E-state index contributed by atoms with van der Waals surface area (Å²) in [5.74, 6) is 0.0626. The van der Waals surface area contributed by atoms with Crippen molar-refractivity contribution < 1.29 is 19.4 Å². The number of ether oxygens (including phenoxy) is 2. The Kier molecular flexibility index (Phi) is 6.51. The average molecular weight is 360 g/mol. The van der Waals surface area contributed by atoms with Gasteiger partial charge in [-0.3, -0.25) is 0 Å². The molecule has 0 bridgehead atoms. The summed E-state index contributed by atoms with van der Waals surface area (Å²) in [6.45, 7) is 6.02. The highest BCUT2D eigenvalue weighted by atomic mass is 32.1. The Morgan fingerprint density at radius 2 is 2.24 bits per heavy atom. The highest BCUT2D eigenvalue weighted by Crippen LogP contribution is 2.31. The number of rotatable bonds is 7. The molecule has 1 aromatic heterocycles. The molecule has 0 aliphatic heterocycles. The van der Waals surface area contributed by atoms with Crippen molar-refractivity contribution in [1.29, 1.82) is 5.26 Å². The number of carbonyl (C=O) groups is 1. The quantitative estimate of drug-likeness (QED) is 0.763. The average Bonchev–Trinajstić information content (AvgIpc) is 3.01. The van der Waals surface area contributed by atoms with E-state index in [1.54, 1.807) is 32.0 Å². The van der Waals surface area contributed by atoms with E-state index in [0.717, 1.165) is 5.56 Å². The molecule has 0 saturated carbocycles. The Morgan fingerprint density at radius 3 is 2.88 bits per heavy atom. The molecule has 0 aliphatic rings. The summed E-state index contributed by atoms with van der Waals surface area (Å²) in [4.78, 5) is 16.8. The third-order valence-corrected chi connectivity index (χ3v) is 4.63. The second kappa shape index (κ2) is 8.60. The Hall–Kier alpha value is -2.43. The molecule has 7 heteroatoms. The third-order valence-electron chi connectivity index (χ3n) is 3.44. The maximum Gasteiger partial charge on any atom is 0.350 e. The third kappa shape index (κ3) is 4.56. The molecule has 1 aromatic carbocycles. The van der Waals surface area contributed by atoms with Gasteiger partial charge in [0.25, 0.3) is 0 Å². The van der Waals surface area contributed by atoms with Crippen LogP contribution >= 0.6 is 11.3 Å². The number of hydrogen-bond donors (Lipinski definition) is 1. The van der Waals surface area contributed by atoms with Crippen LogP contribution < -0.4 is 4.74 Å². The van der Waals surface area contributed by atoms with Crippen LogP contribution in [0.3, 0.4) is 0 Å². The molecule has 132 valence electrons. The number of aromatic nitrogens is 1. The Balaban J connectivity index is 2.27. The summed E-state index contributed by atoms with van der Waals surface area (Å²) >= 11 is 1.24. The number of hydrogen-bond acceptors (Lipinski definition) is 7. The molecule has 0 aliphatic carbocycles. The fourth-order valence-electron chi connectivity index (χ4n) is 2.07. The topological polar surface area (TPSA) is 92.4 Å². The second-order valence-corrected chi connectivity index (χ2v) is 6.57. The number of nitriles is 1. The van der Waals surface area contributed by atoms with Crippen molar-refractivity contribution in [3.8, 4) is 22.4 Å². The number of aliphatic hydroxyl groups is 1. The van der Waals surface area contributed by atoms with Crippen molar-refractivity contribution in [3.63, 3.8) is 0 Å².